The van der Waals surface area contributed by atoms with Gasteiger partial charge < -0.3 is 5.32 Å². The third-order valence-corrected chi connectivity index (χ3v) is 3.41. The van der Waals surface area contributed by atoms with Crippen LogP contribution in [0.15, 0.2) is 85.1 Å². The van der Waals surface area contributed by atoms with E-state index in [-0.39, 0.29) is 18.2 Å². The fourth-order valence-electron chi connectivity index (χ4n) is 2.31. The SMILES string of the molecule is Cl.O=C(c1ccccc1)C(Nc1ccccn1)c1ccccc1. The lowest BCUT2D eigenvalue weighted by molar-refractivity contribution is 0.0969. The number of rotatable bonds is 5. The van der Waals surface area contributed by atoms with E-state index in [1.165, 1.54) is 0 Å². The Balaban J connectivity index is 0.00000192. The number of nitrogens with one attached hydrogen (secondary N) is 1. The molecule has 0 aliphatic rings. The smallest absolute Gasteiger partial charge is 0.189 e. The first-order chi connectivity index (χ1) is 10.8. The van der Waals surface area contributed by atoms with Crippen LogP contribution in [0.1, 0.15) is 22.0 Å². The summed E-state index contributed by atoms with van der Waals surface area (Å²) in [6, 6.07) is 24.1. The van der Waals surface area contributed by atoms with Gasteiger partial charge in [0.2, 0.25) is 0 Å². The molecule has 3 nitrogen and oxygen atoms in total. The van der Waals surface area contributed by atoms with Crippen LogP contribution in [0.2, 0.25) is 0 Å². The summed E-state index contributed by atoms with van der Waals surface area (Å²) >= 11 is 0. The van der Waals surface area contributed by atoms with Crippen LogP contribution in [0.25, 0.3) is 0 Å². The van der Waals surface area contributed by atoms with Crippen LogP contribution in [-0.4, -0.2) is 10.8 Å². The van der Waals surface area contributed by atoms with Crippen molar-refractivity contribution in [2.75, 3.05) is 5.32 Å². The molecule has 4 heteroatoms. The van der Waals surface area contributed by atoms with E-state index in [4.69, 9.17) is 0 Å². The molecule has 1 heterocycles. The number of hydrogen-bond acceptors (Lipinski definition) is 3. The van der Waals surface area contributed by atoms with E-state index in [1.54, 1.807) is 6.20 Å². The van der Waals surface area contributed by atoms with Gasteiger partial charge in [0.25, 0.3) is 0 Å². The zero-order valence-corrected chi connectivity index (χ0v) is 13.2. The van der Waals surface area contributed by atoms with Crippen LogP contribution in [0.4, 0.5) is 5.82 Å². The highest BCUT2D eigenvalue weighted by atomic mass is 35.5. The summed E-state index contributed by atoms with van der Waals surface area (Å²) < 4.78 is 0. The number of hydrogen-bond donors (Lipinski definition) is 1. The topological polar surface area (TPSA) is 42.0 Å². The van der Waals surface area contributed by atoms with Crippen molar-refractivity contribution < 1.29 is 4.79 Å². The standard InChI is InChI=1S/C19H16N2O.ClH/c22-19(16-11-5-2-6-12-16)18(15-9-3-1-4-10-15)21-17-13-7-8-14-20-17;/h1-14,18H,(H,20,21);1H. The molecule has 0 radical (unpaired) electrons. The quantitative estimate of drug-likeness (QED) is 0.701. The molecule has 116 valence electrons. The maximum Gasteiger partial charge on any atom is 0.189 e. The van der Waals surface area contributed by atoms with Gasteiger partial charge in [0.05, 0.1) is 0 Å². The molecule has 1 unspecified atom stereocenters. The average molecular weight is 325 g/mol. The normalized spacial score (nSPS) is 11.1. The van der Waals surface area contributed by atoms with Crippen molar-refractivity contribution in [3.05, 3.63) is 96.2 Å². The Morgan fingerprint density at radius 2 is 1.43 bits per heavy atom. The van der Waals surface area contributed by atoms with Gasteiger partial charge in [0.1, 0.15) is 11.9 Å². The first kappa shape index (κ1) is 16.7. The highest BCUT2D eigenvalue weighted by Crippen LogP contribution is 2.22. The maximum absolute atomic E-state index is 12.9. The zero-order valence-electron chi connectivity index (χ0n) is 12.4. The minimum absolute atomic E-state index is 0. The van der Waals surface area contributed by atoms with Gasteiger partial charge in [-0.15, -0.1) is 12.4 Å². The van der Waals surface area contributed by atoms with Gasteiger partial charge in [0, 0.05) is 11.8 Å². The van der Waals surface area contributed by atoms with Crippen molar-refractivity contribution in [1.29, 1.82) is 0 Å². The lowest BCUT2D eigenvalue weighted by Gasteiger charge is -2.18. The lowest BCUT2D eigenvalue weighted by Crippen LogP contribution is -2.21. The third kappa shape index (κ3) is 4.18. The van der Waals surface area contributed by atoms with Gasteiger partial charge in [-0.25, -0.2) is 4.98 Å². The van der Waals surface area contributed by atoms with Crippen LogP contribution in [-0.2, 0) is 0 Å². The molecular weight excluding hydrogens is 308 g/mol. The van der Waals surface area contributed by atoms with E-state index >= 15 is 0 Å². The van der Waals surface area contributed by atoms with Crippen LogP contribution < -0.4 is 5.32 Å². The number of aromatic nitrogens is 1. The highest BCUT2D eigenvalue weighted by molar-refractivity contribution is 6.02. The Bertz CT molecular complexity index is 733. The summed E-state index contributed by atoms with van der Waals surface area (Å²) in [7, 11) is 0. The Labute approximate surface area is 141 Å². The zero-order chi connectivity index (χ0) is 15.2. The number of carbonyl (C=O) groups excluding carboxylic acids is 1. The second-order valence-electron chi connectivity index (χ2n) is 4.93. The van der Waals surface area contributed by atoms with Gasteiger partial charge in [-0.05, 0) is 17.7 Å². The van der Waals surface area contributed by atoms with Crippen molar-refractivity contribution in [1.82, 2.24) is 4.98 Å². The number of benzene rings is 2. The summed E-state index contributed by atoms with van der Waals surface area (Å²) in [4.78, 5) is 17.1. The molecule has 2 aromatic carbocycles. The van der Waals surface area contributed by atoms with Gasteiger partial charge in [-0.1, -0.05) is 66.7 Å². The first-order valence-corrected chi connectivity index (χ1v) is 7.16. The third-order valence-electron chi connectivity index (χ3n) is 3.41. The van der Waals surface area contributed by atoms with Gasteiger partial charge in [0.15, 0.2) is 5.78 Å². The molecular formula is C19H17ClN2O. The largest absolute Gasteiger partial charge is 0.356 e. The van der Waals surface area contributed by atoms with Gasteiger partial charge in [-0.2, -0.15) is 0 Å². The monoisotopic (exact) mass is 324 g/mol. The number of ketones is 1. The molecule has 1 atom stereocenters. The number of halogens is 1. The molecule has 3 rings (SSSR count). The molecule has 1 aromatic heterocycles. The van der Waals surface area contributed by atoms with Gasteiger partial charge >= 0.3 is 0 Å². The van der Waals surface area contributed by atoms with E-state index < -0.39 is 6.04 Å². The minimum Gasteiger partial charge on any atom is -0.356 e. The summed E-state index contributed by atoms with van der Waals surface area (Å²) in [5, 5.41) is 3.23. The number of anilines is 1. The van der Waals surface area contributed by atoms with E-state index in [0.29, 0.717) is 11.4 Å². The second-order valence-corrected chi connectivity index (χ2v) is 4.93. The fourth-order valence-corrected chi connectivity index (χ4v) is 2.31. The van der Waals surface area contributed by atoms with E-state index in [9.17, 15) is 4.79 Å². The Morgan fingerprint density at radius 3 is 2.04 bits per heavy atom. The van der Waals surface area contributed by atoms with Crippen molar-refractivity contribution >= 4 is 24.0 Å². The summed E-state index contributed by atoms with van der Waals surface area (Å²) in [6.45, 7) is 0. The molecule has 0 bridgehead atoms. The predicted octanol–water partition coefficient (Wildman–Crippen LogP) is 4.54. The molecule has 0 amide bonds. The van der Waals surface area contributed by atoms with Crippen LogP contribution in [0, 0.1) is 0 Å². The van der Waals surface area contributed by atoms with Crippen LogP contribution >= 0.6 is 12.4 Å². The number of Topliss-reactive ketones (excluding diaryl/α,β-unsaturated/α-hetero) is 1. The van der Waals surface area contributed by atoms with Crippen molar-refractivity contribution in [2.24, 2.45) is 0 Å². The number of pyridine rings is 1. The first-order valence-electron chi connectivity index (χ1n) is 7.16. The lowest BCUT2D eigenvalue weighted by atomic mass is 9.97. The molecule has 23 heavy (non-hydrogen) atoms. The van der Waals surface area contributed by atoms with E-state index in [1.807, 2.05) is 78.9 Å². The fraction of sp³-hybridized carbons (Fsp3) is 0.0526. The maximum atomic E-state index is 12.9. The number of carbonyl (C=O) groups is 1. The minimum atomic E-state index is -0.460. The molecule has 3 aromatic rings. The number of nitrogens with zero attached hydrogens (tertiary/aromatic N) is 1. The second kappa shape index (κ2) is 8.11. The Kier molecular flexibility index (Phi) is 5.89. The molecule has 1 N–H and O–H groups in total. The summed E-state index contributed by atoms with van der Waals surface area (Å²) in [5.41, 5.74) is 1.60. The highest BCUT2D eigenvalue weighted by Gasteiger charge is 2.21. The summed E-state index contributed by atoms with van der Waals surface area (Å²) in [6.07, 6.45) is 1.71. The summed E-state index contributed by atoms with van der Waals surface area (Å²) in [5.74, 6) is 0.707. The van der Waals surface area contributed by atoms with Crippen molar-refractivity contribution in [3.63, 3.8) is 0 Å². The molecule has 0 fully saturated rings. The predicted molar refractivity (Wildman–Crippen MR) is 95.1 cm³/mol. The molecule has 0 saturated heterocycles. The Morgan fingerprint density at radius 1 is 0.826 bits per heavy atom. The average Bonchev–Trinajstić information content (AvgIpc) is 2.61. The molecule has 0 saturated carbocycles. The molecule has 0 spiro atoms. The molecule has 0 aliphatic heterocycles. The van der Waals surface area contributed by atoms with Crippen LogP contribution in [0.3, 0.4) is 0 Å². The molecule has 0 aliphatic carbocycles. The van der Waals surface area contributed by atoms with Crippen LogP contribution in [0.5, 0.6) is 0 Å². The Hall–Kier alpha value is -2.65. The van der Waals surface area contributed by atoms with E-state index in [2.05, 4.69) is 10.3 Å². The van der Waals surface area contributed by atoms with Crippen molar-refractivity contribution in [2.45, 2.75) is 6.04 Å². The van der Waals surface area contributed by atoms with Crippen molar-refractivity contribution in [3.8, 4) is 0 Å². The van der Waals surface area contributed by atoms with Gasteiger partial charge in [-0.3, -0.25) is 4.79 Å². The van der Waals surface area contributed by atoms with E-state index in [0.717, 1.165) is 5.56 Å².